The first-order chi connectivity index (χ1) is 12.8. The maximum absolute atomic E-state index is 12.9. The molecule has 0 fully saturated rings. The number of nitrogens with one attached hydrogen (secondary N) is 1. The number of rotatable bonds is 4. The van der Waals surface area contributed by atoms with Gasteiger partial charge in [-0.25, -0.2) is 4.68 Å². The summed E-state index contributed by atoms with van der Waals surface area (Å²) in [6.45, 7) is 7.91. The minimum absolute atomic E-state index is 0.162. The van der Waals surface area contributed by atoms with E-state index in [2.05, 4.69) is 5.32 Å². The van der Waals surface area contributed by atoms with Crippen LogP contribution in [0.25, 0.3) is 16.9 Å². The van der Waals surface area contributed by atoms with E-state index in [9.17, 15) is 4.79 Å². The van der Waals surface area contributed by atoms with Crippen LogP contribution < -0.4 is 10.1 Å². The van der Waals surface area contributed by atoms with Gasteiger partial charge in [-0.05, 0) is 58.0 Å². The zero-order valence-corrected chi connectivity index (χ0v) is 16.4. The van der Waals surface area contributed by atoms with E-state index in [0.717, 1.165) is 22.6 Å². The molecule has 0 saturated heterocycles. The van der Waals surface area contributed by atoms with Crippen LogP contribution in [0.3, 0.4) is 0 Å². The molecular weight excluding hydrogens is 338 g/mol. The van der Waals surface area contributed by atoms with Crippen LogP contribution in [-0.2, 0) is 0 Å². The maximum atomic E-state index is 12.9. The number of aromatic nitrogens is 2. The molecule has 0 aliphatic heterocycles. The Balaban J connectivity index is 2.10. The molecule has 0 radical (unpaired) electrons. The molecular formula is C22H25N3O2. The molecule has 0 atom stereocenters. The third-order valence-corrected chi connectivity index (χ3v) is 4.07. The molecule has 0 saturated carbocycles. The lowest BCUT2D eigenvalue weighted by Gasteiger charge is -2.20. The summed E-state index contributed by atoms with van der Waals surface area (Å²) < 4.78 is 7.00. The van der Waals surface area contributed by atoms with E-state index in [4.69, 9.17) is 9.84 Å². The van der Waals surface area contributed by atoms with Crippen molar-refractivity contribution in [1.82, 2.24) is 15.1 Å². The fourth-order valence-electron chi connectivity index (χ4n) is 2.75. The van der Waals surface area contributed by atoms with Gasteiger partial charge in [0.05, 0.1) is 18.5 Å². The molecule has 1 aromatic heterocycles. The number of hydrogen-bond donors (Lipinski definition) is 1. The van der Waals surface area contributed by atoms with Crippen molar-refractivity contribution in [2.45, 2.75) is 33.2 Å². The van der Waals surface area contributed by atoms with Gasteiger partial charge in [0.2, 0.25) is 0 Å². The van der Waals surface area contributed by atoms with E-state index in [1.807, 2.05) is 82.3 Å². The van der Waals surface area contributed by atoms with Crippen molar-refractivity contribution < 1.29 is 9.53 Å². The van der Waals surface area contributed by atoms with Crippen molar-refractivity contribution >= 4 is 5.91 Å². The number of carbonyl (C=O) groups excluding carboxylic acids is 1. The van der Waals surface area contributed by atoms with Crippen molar-refractivity contribution in [3.05, 3.63) is 65.9 Å². The molecule has 5 heteroatoms. The molecule has 3 aromatic rings. The summed E-state index contributed by atoms with van der Waals surface area (Å²) in [4.78, 5) is 12.9. The van der Waals surface area contributed by atoms with E-state index in [1.54, 1.807) is 11.8 Å². The minimum atomic E-state index is -0.338. The summed E-state index contributed by atoms with van der Waals surface area (Å²) in [5.74, 6) is 0.586. The molecule has 27 heavy (non-hydrogen) atoms. The Morgan fingerprint density at radius 2 is 1.78 bits per heavy atom. The standard InChI is InChI=1S/C22H25N3O2/c1-15-9-11-17(12-10-15)25-20(21(26)23-22(2,3)4)14-19(24-25)16-7-6-8-18(13-16)27-5/h6-14H,1-5H3,(H,23,26). The van der Waals surface area contributed by atoms with Crippen LogP contribution in [0, 0.1) is 6.92 Å². The lowest BCUT2D eigenvalue weighted by atomic mass is 10.1. The summed E-state index contributed by atoms with van der Waals surface area (Å²) in [7, 11) is 1.63. The zero-order valence-electron chi connectivity index (χ0n) is 16.4. The Hall–Kier alpha value is -3.08. The van der Waals surface area contributed by atoms with Gasteiger partial charge in [0.15, 0.2) is 0 Å². The fourth-order valence-corrected chi connectivity index (χ4v) is 2.75. The summed E-state index contributed by atoms with van der Waals surface area (Å²) in [5, 5.41) is 7.73. The molecule has 2 aromatic carbocycles. The molecule has 140 valence electrons. The van der Waals surface area contributed by atoms with Gasteiger partial charge >= 0.3 is 0 Å². The molecule has 1 N–H and O–H groups in total. The first-order valence-electron chi connectivity index (χ1n) is 8.91. The number of hydrogen-bond acceptors (Lipinski definition) is 3. The first kappa shape index (κ1) is 18.7. The van der Waals surface area contributed by atoms with Crippen LogP contribution in [0.15, 0.2) is 54.6 Å². The summed E-state index contributed by atoms with van der Waals surface area (Å²) >= 11 is 0. The average Bonchev–Trinajstić information content (AvgIpc) is 3.06. The van der Waals surface area contributed by atoms with Gasteiger partial charge in [0.25, 0.3) is 5.91 Å². The number of carbonyl (C=O) groups is 1. The molecule has 1 heterocycles. The second kappa shape index (κ2) is 7.27. The van der Waals surface area contributed by atoms with Crippen LogP contribution in [-0.4, -0.2) is 28.3 Å². The van der Waals surface area contributed by atoms with Gasteiger partial charge in [-0.3, -0.25) is 4.79 Å². The highest BCUT2D eigenvalue weighted by Gasteiger charge is 2.21. The second-order valence-electron chi connectivity index (χ2n) is 7.60. The van der Waals surface area contributed by atoms with Gasteiger partial charge in [-0.1, -0.05) is 29.8 Å². The van der Waals surface area contributed by atoms with Crippen LogP contribution >= 0.6 is 0 Å². The molecule has 0 unspecified atom stereocenters. The number of nitrogens with zero attached hydrogens (tertiary/aromatic N) is 2. The highest BCUT2D eigenvalue weighted by molar-refractivity contribution is 5.94. The Morgan fingerprint density at radius 1 is 1.07 bits per heavy atom. The zero-order chi connectivity index (χ0) is 19.6. The van der Waals surface area contributed by atoms with Crippen molar-refractivity contribution in [2.24, 2.45) is 0 Å². The normalized spacial score (nSPS) is 11.3. The van der Waals surface area contributed by atoms with Gasteiger partial charge in [0.1, 0.15) is 11.4 Å². The molecule has 0 spiro atoms. The van der Waals surface area contributed by atoms with Crippen molar-refractivity contribution in [2.75, 3.05) is 7.11 Å². The second-order valence-corrected chi connectivity index (χ2v) is 7.60. The SMILES string of the molecule is COc1cccc(-c2cc(C(=O)NC(C)(C)C)n(-c3ccc(C)cc3)n2)c1. The van der Waals surface area contributed by atoms with Crippen LogP contribution in [0.2, 0.25) is 0 Å². The fraction of sp³-hybridized carbons (Fsp3) is 0.273. The number of aryl methyl sites for hydroxylation is 1. The molecule has 1 amide bonds. The van der Waals surface area contributed by atoms with Gasteiger partial charge in [-0.2, -0.15) is 5.10 Å². The van der Waals surface area contributed by atoms with E-state index in [1.165, 1.54) is 0 Å². The maximum Gasteiger partial charge on any atom is 0.270 e. The number of benzene rings is 2. The van der Waals surface area contributed by atoms with E-state index >= 15 is 0 Å². The van der Waals surface area contributed by atoms with Crippen molar-refractivity contribution in [3.8, 4) is 22.7 Å². The van der Waals surface area contributed by atoms with Crippen LogP contribution in [0.1, 0.15) is 36.8 Å². The Labute approximate surface area is 160 Å². The first-order valence-corrected chi connectivity index (χ1v) is 8.91. The van der Waals surface area contributed by atoms with E-state index in [-0.39, 0.29) is 11.4 Å². The predicted octanol–water partition coefficient (Wildman–Crippen LogP) is 4.38. The van der Waals surface area contributed by atoms with Crippen LogP contribution in [0.5, 0.6) is 5.75 Å². The van der Waals surface area contributed by atoms with Crippen LogP contribution in [0.4, 0.5) is 0 Å². The quantitative estimate of drug-likeness (QED) is 0.748. The van der Waals surface area contributed by atoms with Gasteiger partial charge in [-0.15, -0.1) is 0 Å². The monoisotopic (exact) mass is 363 g/mol. The van der Waals surface area contributed by atoms with Gasteiger partial charge < -0.3 is 10.1 Å². The topological polar surface area (TPSA) is 56.1 Å². The van der Waals surface area contributed by atoms with E-state index in [0.29, 0.717) is 11.4 Å². The molecule has 0 aliphatic carbocycles. The molecule has 5 nitrogen and oxygen atoms in total. The molecule has 3 rings (SSSR count). The Kier molecular flexibility index (Phi) is 5.04. The van der Waals surface area contributed by atoms with Gasteiger partial charge in [0, 0.05) is 11.1 Å². The third-order valence-electron chi connectivity index (χ3n) is 4.07. The average molecular weight is 363 g/mol. The Morgan fingerprint density at radius 3 is 2.41 bits per heavy atom. The van der Waals surface area contributed by atoms with Crippen molar-refractivity contribution in [3.63, 3.8) is 0 Å². The summed E-state index contributed by atoms with van der Waals surface area (Å²) in [6.07, 6.45) is 0. The molecule has 0 aliphatic rings. The highest BCUT2D eigenvalue weighted by atomic mass is 16.5. The lowest BCUT2D eigenvalue weighted by molar-refractivity contribution is 0.0911. The predicted molar refractivity (Wildman–Crippen MR) is 108 cm³/mol. The van der Waals surface area contributed by atoms with Crippen molar-refractivity contribution in [1.29, 1.82) is 0 Å². The number of methoxy groups -OCH3 is 1. The smallest absolute Gasteiger partial charge is 0.270 e. The highest BCUT2D eigenvalue weighted by Crippen LogP contribution is 2.25. The largest absolute Gasteiger partial charge is 0.497 e. The summed E-state index contributed by atoms with van der Waals surface area (Å²) in [6, 6.07) is 17.4. The number of ether oxygens (including phenoxy) is 1. The third kappa shape index (κ3) is 4.37. The Bertz CT molecular complexity index is 950. The van der Waals surface area contributed by atoms with E-state index < -0.39 is 0 Å². The minimum Gasteiger partial charge on any atom is -0.497 e. The lowest BCUT2D eigenvalue weighted by Crippen LogP contribution is -2.41. The molecule has 0 bridgehead atoms. The number of amides is 1. The summed E-state index contributed by atoms with van der Waals surface area (Å²) in [5.41, 5.74) is 3.76.